The third-order valence-corrected chi connectivity index (χ3v) is 6.35. The van der Waals surface area contributed by atoms with E-state index in [0.29, 0.717) is 16.1 Å². The maximum absolute atomic E-state index is 13.5. The van der Waals surface area contributed by atoms with E-state index in [1.165, 1.54) is 11.8 Å². The number of aromatic nitrogens is 2. The van der Waals surface area contributed by atoms with Crippen LogP contribution in [-0.2, 0) is 4.79 Å². The van der Waals surface area contributed by atoms with Gasteiger partial charge >= 0.3 is 0 Å². The van der Waals surface area contributed by atoms with E-state index in [1.807, 2.05) is 81.4 Å². The second-order valence-electron chi connectivity index (χ2n) is 7.89. The minimum atomic E-state index is -0.439. The molecule has 0 radical (unpaired) electrons. The van der Waals surface area contributed by atoms with Gasteiger partial charge in [0.25, 0.3) is 5.56 Å². The van der Waals surface area contributed by atoms with Crippen molar-refractivity contribution in [2.45, 2.75) is 31.2 Å². The van der Waals surface area contributed by atoms with E-state index in [2.05, 4.69) is 6.07 Å². The van der Waals surface area contributed by atoms with Crippen molar-refractivity contribution in [3.8, 4) is 5.69 Å². The van der Waals surface area contributed by atoms with Crippen molar-refractivity contribution in [1.29, 1.82) is 0 Å². The molecule has 1 heterocycles. The first-order chi connectivity index (χ1) is 15.3. The summed E-state index contributed by atoms with van der Waals surface area (Å²) in [5, 5.41) is 0.614. The number of hydrogen-bond acceptors (Lipinski definition) is 4. The van der Waals surface area contributed by atoms with Gasteiger partial charge in [-0.2, -0.15) is 0 Å². The molecule has 1 atom stereocenters. The van der Waals surface area contributed by atoms with Gasteiger partial charge in [0.2, 0.25) is 5.91 Å². The molecule has 1 amide bonds. The molecule has 4 aromatic rings. The van der Waals surface area contributed by atoms with E-state index in [0.717, 1.165) is 22.5 Å². The number of anilines is 1. The zero-order valence-electron chi connectivity index (χ0n) is 18.6. The molecule has 1 aromatic heterocycles. The van der Waals surface area contributed by atoms with Crippen molar-refractivity contribution < 1.29 is 4.79 Å². The summed E-state index contributed by atoms with van der Waals surface area (Å²) in [5.74, 6) is -0.0596. The lowest BCUT2D eigenvalue weighted by Crippen LogP contribution is -2.33. The molecule has 0 fully saturated rings. The molecule has 0 aliphatic carbocycles. The summed E-state index contributed by atoms with van der Waals surface area (Å²) in [7, 11) is 1.76. The largest absolute Gasteiger partial charge is 0.315 e. The number of nitrogens with zero attached hydrogens (tertiary/aromatic N) is 3. The number of para-hydroxylation sites is 2. The lowest BCUT2D eigenvalue weighted by molar-refractivity contribution is -0.117. The van der Waals surface area contributed by atoms with Crippen molar-refractivity contribution in [3.05, 3.63) is 94.3 Å². The Morgan fingerprint density at radius 3 is 2.28 bits per heavy atom. The van der Waals surface area contributed by atoms with E-state index in [-0.39, 0.29) is 11.5 Å². The average Bonchev–Trinajstić information content (AvgIpc) is 2.78. The maximum Gasteiger partial charge on any atom is 0.266 e. The first-order valence-electron chi connectivity index (χ1n) is 10.4. The molecular formula is C26H25N3O2S. The van der Waals surface area contributed by atoms with Gasteiger partial charge < -0.3 is 4.90 Å². The Bertz CT molecular complexity index is 1330. The van der Waals surface area contributed by atoms with Crippen LogP contribution in [0.5, 0.6) is 0 Å². The molecule has 1 unspecified atom stereocenters. The first-order valence-corrected chi connectivity index (χ1v) is 11.3. The number of benzene rings is 3. The topological polar surface area (TPSA) is 55.2 Å². The highest BCUT2D eigenvalue weighted by Crippen LogP contribution is 2.27. The first kappa shape index (κ1) is 21.8. The minimum absolute atomic E-state index is 0.0596. The van der Waals surface area contributed by atoms with Crippen LogP contribution in [0.25, 0.3) is 16.6 Å². The molecule has 4 rings (SSSR count). The molecule has 0 saturated carbocycles. The predicted octanol–water partition coefficient (Wildman–Crippen LogP) is 5.15. The van der Waals surface area contributed by atoms with Crippen molar-refractivity contribution in [2.75, 3.05) is 11.9 Å². The van der Waals surface area contributed by atoms with Gasteiger partial charge in [-0.1, -0.05) is 48.2 Å². The van der Waals surface area contributed by atoms with Crippen molar-refractivity contribution in [2.24, 2.45) is 0 Å². The van der Waals surface area contributed by atoms with E-state index in [4.69, 9.17) is 4.98 Å². The smallest absolute Gasteiger partial charge is 0.266 e. The van der Waals surface area contributed by atoms with E-state index in [9.17, 15) is 9.59 Å². The molecule has 6 heteroatoms. The Hall–Kier alpha value is -3.38. The fraction of sp³-hybridized carbons (Fsp3) is 0.192. The summed E-state index contributed by atoms with van der Waals surface area (Å²) < 4.78 is 1.62. The number of thioether (sulfide) groups is 1. The molecular weight excluding hydrogens is 418 g/mol. The van der Waals surface area contributed by atoms with Gasteiger partial charge in [0.15, 0.2) is 5.16 Å². The Morgan fingerprint density at radius 2 is 1.59 bits per heavy atom. The van der Waals surface area contributed by atoms with Gasteiger partial charge in [0, 0.05) is 12.7 Å². The molecule has 3 aromatic carbocycles. The number of amides is 1. The summed E-state index contributed by atoms with van der Waals surface area (Å²) in [5.41, 5.74) is 4.18. The lowest BCUT2D eigenvalue weighted by atomic mass is 10.1. The maximum atomic E-state index is 13.5. The zero-order chi connectivity index (χ0) is 22.8. The van der Waals surface area contributed by atoms with Crippen LogP contribution in [0.2, 0.25) is 0 Å². The van der Waals surface area contributed by atoms with Crippen LogP contribution < -0.4 is 10.5 Å². The van der Waals surface area contributed by atoms with Gasteiger partial charge in [0.05, 0.1) is 21.8 Å². The van der Waals surface area contributed by atoms with Crippen LogP contribution in [0, 0.1) is 13.8 Å². The average molecular weight is 444 g/mol. The summed E-state index contributed by atoms with van der Waals surface area (Å²) in [6.07, 6.45) is 0. The van der Waals surface area contributed by atoms with E-state index >= 15 is 0 Å². The van der Waals surface area contributed by atoms with Crippen molar-refractivity contribution in [1.82, 2.24) is 9.55 Å². The molecule has 5 nitrogen and oxygen atoms in total. The van der Waals surface area contributed by atoms with Gasteiger partial charge in [-0.3, -0.25) is 14.2 Å². The highest BCUT2D eigenvalue weighted by Gasteiger charge is 2.23. The third-order valence-electron chi connectivity index (χ3n) is 5.31. The van der Waals surface area contributed by atoms with Gasteiger partial charge in [0.1, 0.15) is 0 Å². The zero-order valence-corrected chi connectivity index (χ0v) is 19.4. The molecule has 0 N–H and O–H groups in total. The highest BCUT2D eigenvalue weighted by atomic mass is 32.2. The number of hydrogen-bond donors (Lipinski definition) is 0. The number of carbonyl (C=O) groups excluding carboxylic acids is 1. The second-order valence-corrected chi connectivity index (χ2v) is 9.20. The second kappa shape index (κ2) is 9.01. The normalized spacial score (nSPS) is 12.0. The Labute approximate surface area is 191 Å². The Kier molecular flexibility index (Phi) is 6.15. The molecule has 0 aliphatic rings. The molecule has 32 heavy (non-hydrogen) atoms. The van der Waals surface area contributed by atoms with E-state index < -0.39 is 5.25 Å². The minimum Gasteiger partial charge on any atom is -0.315 e. The molecule has 0 spiro atoms. The Balaban J connectivity index is 1.79. The summed E-state index contributed by atoms with van der Waals surface area (Å²) >= 11 is 1.30. The van der Waals surface area contributed by atoms with Crippen LogP contribution in [0.15, 0.2) is 82.7 Å². The SMILES string of the molecule is Cc1cc(C)cc(-n2c(SC(C)C(=O)N(C)c3ccccc3)nc3ccccc3c2=O)c1. The van der Waals surface area contributed by atoms with Gasteiger partial charge in [-0.05, 0) is 68.3 Å². The fourth-order valence-corrected chi connectivity index (χ4v) is 4.78. The van der Waals surface area contributed by atoms with Crippen LogP contribution in [0.3, 0.4) is 0 Å². The standard InChI is InChI=1S/C26H25N3O2S/c1-17-14-18(2)16-21(15-17)29-25(31)22-12-8-9-13-23(22)27-26(29)32-19(3)24(30)28(4)20-10-6-5-7-11-20/h5-16,19H,1-4H3. The van der Waals surface area contributed by atoms with Crippen LogP contribution in [0.4, 0.5) is 5.69 Å². The number of carbonyl (C=O) groups is 1. The molecule has 0 bridgehead atoms. The fourth-order valence-electron chi connectivity index (χ4n) is 3.76. The Morgan fingerprint density at radius 1 is 0.969 bits per heavy atom. The van der Waals surface area contributed by atoms with Crippen LogP contribution in [-0.4, -0.2) is 27.8 Å². The van der Waals surface area contributed by atoms with E-state index in [1.54, 1.807) is 22.6 Å². The van der Waals surface area contributed by atoms with Crippen LogP contribution >= 0.6 is 11.8 Å². The summed E-state index contributed by atoms with van der Waals surface area (Å²) in [6, 6.07) is 22.8. The number of fused-ring (bicyclic) bond motifs is 1. The molecule has 0 aliphatic heterocycles. The quantitative estimate of drug-likeness (QED) is 0.316. The third kappa shape index (κ3) is 4.32. The highest BCUT2D eigenvalue weighted by molar-refractivity contribution is 8.00. The lowest BCUT2D eigenvalue weighted by Gasteiger charge is -2.22. The summed E-state index contributed by atoms with van der Waals surface area (Å²) in [4.78, 5) is 33.1. The molecule has 162 valence electrons. The predicted molar refractivity (Wildman–Crippen MR) is 132 cm³/mol. The van der Waals surface area contributed by atoms with Crippen molar-refractivity contribution >= 4 is 34.3 Å². The summed E-state index contributed by atoms with van der Waals surface area (Å²) in [6.45, 7) is 5.85. The number of aryl methyl sites for hydroxylation is 2. The van der Waals surface area contributed by atoms with Crippen molar-refractivity contribution in [3.63, 3.8) is 0 Å². The molecule has 0 saturated heterocycles. The van der Waals surface area contributed by atoms with Crippen LogP contribution in [0.1, 0.15) is 18.1 Å². The number of rotatable bonds is 5. The van der Waals surface area contributed by atoms with Gasteiger partial charge in [-0.25, -0.2) is 4.98 Å². The van der Waals surface area contributed by atoms with Gasteiger partial charge in [-0.15, -0.1) is 0 Å². The monoisotopic (exact) mass is 443 g/mol.